The molecule has 2 unspecified atom stereocenters. The van der Waals surface area contributed by atoms with Crippen LogP contribution < -0.4 is 0 Å². The van der Waals surface area contributed by atoms with Crippen LogP contribution in [-0.4, -0.2) is 39.3 Å². The fraction of sp³-hybridized carbons (Fsp3) is 0.818. The molecule has 0 spiro atoms. The van der Waals surface area contributed by atoms with E-state index in [0.29, 0.717) is 13.0 Å². The lowest BCUT2D eigenvalue weighted by molar-refractivity contribution is -0.133. The van der Waals surface area contributed by atoms with Crippen molar-refractivity contribution >= 4 is 35.1 Å². The number of fused-ring (bicyclic) bond motifs is 1. The molecule has 0 aromatic heterocycles. The largest absolute Gasteiger partial charge is 0.444 e. The lowest BCUT2D eigenvalue weighted by Gasteiger charge is -2.44. The van der Waals surface area contributed by atoms with Gasteiger partial charge < -0.3 is 9.64 Å². The highest BCUT2D eigenvalue weighted by Crippen LogP contribution is 2.51. The number of alkyl halides is 2. The molecule has 17 heavy (non-hydrogen) atoms. The predicted octanol–water partition coefficient (Wildman–Crippen LogP) is 2.37. The van der Waals surface area contributed by atoms with Gasteiger partial charge in [-0.15, -0.1) is 0 Å². The molecule has 1 heterocycles. The number of carbonyl (C=O) groups excluding carboxylic acids is 2. The first kappa shape index (κ1) is 13.0. The number of likely N-dealkylation sites (tertiary alicyclic amines) is 1. The Morgan fingerprint density at radius 1 is 1.47 bits per heavy atom. The van der Waals surface area contributed by atoms with Crippen LogP contribution in [-0.2, 0) is 9.53 Å². The molecular weight excluding hydrogens is 265 g/mol. The van der Waals surface area contributed by atoms with Crippen LogP contribution in [0.25, 0.3) is 0 Å². The molecule has 96 valence electrons. The third-order valence-electron chi connectivity index (χ3n) is 3.06. The molecule has 1 saturated carbocycles. The van der Waals surface area contributed by atoms with E-state index in [-0.39, 0.29) is 11.7 Å². The first-order valence-electron chi connectivity index (χ1n) is 5.56. The number of Topliss-reactive ketones (excluding diaryl/α,β-unsaturated/α-hetero) is 1. The molecule has 1 aliphatic carbocycles. The van der Waals surface area contributed by atoms with Crippen LogP contribution in [0.5, 0.6) is 0 Å². The van der Waals surface area contributed by atoms with E-state index in [0.717, 1.165) is 0 Å². The standard InChI is InChI=1S/C11H15Cl2NO3/c1-10(2,3)17-9(16)14-5-4-6-7(14)11(12,13)8(6)15/h6-7H,4-5H2,1-3H3. The third kappa shape index (κ3) is 2.02. The third-order valence-corrected chi connectivity index (χ3v) is 3.88. The van der Waals surface area contributed by atoms with Crippen LogP contribution >= 0.6 is 23.2 Å². The minimum atomic E-state index is -1.46. The fourth-order valence-electron chi connectivity index (χ4n) is 2.34. The van der Waals surface area contributed by atoms with Crippen molar-refractivity contribution in [1.82, 2.24) is 4.90 Å². The van der Waals surface area contributed by atoms with Gasteiger partial charge in [0, 0.05) is 12.5 Å². The summed E-state index contributed by atoms with van der Waals surface area (Å²) < 4.78 is 3.80. The summed E-state index contributed by atoms with van der Waals surface area (Å²) in [6, 6.07) is -0.437. The first-order valence-corrected chi connectivity index (χ1v) is 6.32. The summed E-state index contributed by atoms with van der Waals surface area (Å²) in [5.41, 5.74) is -0.565. The average Bonchev–Trinajstić information content (AvgIpc) is 2.56. The van der Waals surface area contributed by atoms with E-state index in [2.05, 4.69) is 0 Å². The van der Waals surface area contributed by atoms with Gasteiger partial charge in [0.2, 0.25) is 0 Å². The first-order chi connectivity index (χ1) is 7.64. The summed E-state index contributed by atoms with van der Waals surface area (Å²) in [6.07, 6.45) is 0.160. The van der Waals surface area contributed by atoms with Crippen LogP contribution in [0, 0.1) is 5.92 Å². The van der Waals surface area contributed by atoms with E-state index in [1.165, 1.54) is 4.90 Å². The zero-order chi connectivity index (χ0) is 13.0. The maximum atomic E-state index is 11.9. The predicted molar refractivity (Wildman–Crippen MR) is 64.3 cm³/mol. The van der Waals surface area contributed by atoms with Crippen molar-refractivity contribution in [3.05, 3.63) is 0 Å². The number of halogens is 2. The fourth-order valence-corrected chi connectivity index (χ4v) is 3.16. The summed E-state index contributed by atoms with van der Waals surface area (Å²) in [5.74, 6) is -0.408. The molecule has 0 N–H and O–H groups in total. The van der Waals surface area contributed by atoms with Gasteiger partial charge in [-0.3, -0.25) is 4.79 Å². The molecule has 4 nitrogen and oxygen atoms in total. The highest BCUT2D eigenvalue weighted by atomic mass is 35.5. The molecule has 1 aliphatic heterocycles. The Bertz CT molecular complexity index is 375. The molecule has 1 amide bonds. The van der Waals surface area contributed by atoms with Gasteiger partial charge in [-0.2, -0.15) is 0 Å². The number of ketones is 1. The van der Waals surface area contributed by atoms with Gasteiger partial charge in [0.25, 0.3) is 0 Å². The second kappa shape index (κ2) is 3.75. The van der Waals surface area contributed by atoms with Crippen molar-refractivity contribution in [3.63, 3.8) is 0 Å². The topological polar surface area (TPSA) is 46.6 Å². The van der Waals surface area contributed by atoms with Crippen LogP contribution in [0.1, 0.15) is 27.2 Å². The van der Waals surface area contributed by atoms with Gasteiger partial charge in [-0.05, 0) is 27.2 Å². The molecule has 2 rings (SSSR count). The summed E-state index contributed by atoms with van der Waals surface area (Å²) >= 11 is 11.9. The van der Waals surface area contributed by atoms with E-state index in [1.807, 2.05) is 0 Å². The van der Waals surface area contributed by atoms with Crippen LogP contribution in [0.3, 0.4) is 0 Å². The lowest BCUT2D eigenvalue weighted by atomic mass is 9.77. The number of rotatable bonds is 0. The van der Waals surface area contributed by atoms with Crippen molar-refractivity contribution < 1.29 is 14.3 Å². The minimum absolute atomic E-state index is 0.183. The van der Waals surface area contributed by atoms with Gasteiger partial charge in [0.15, 0.2) is 10.1 Å². The zero-order valence-corrected chi connectivity index (χ0v) is 11.5. The normalized spacial score (nSPS) is 30.9. The van der Waals surface area contributed by atoms with Crippen LogP contribution in [0.4, 0.5) is 4.79 Å². The summed E-state index contributed by atoms with van der Waals surface area (Å²) in [7, 11) is 0. The second-order valence-corrected chi connectivity index (χ2v) is 6.89. The summed E-state index contributed by atoms with van der Waals surface area (Å²) in [4.78, 5) is 25.0. The van der Waals surface area contributed by atoms with Crippen molar-refractivity contribution in [1.29, 1.82) is 0 Å². The Labute approximate surface area is 110 Å². The Hall–Kier alpha value is -0.480. The monoisotopic (exact) mass is 279 g/mol. The van der Waals surface area contributed by atoms with E-state index in [9.17, 15) is 9.59 Å². The molecule has 2 aliphatic rings. The number of carbonyl (C=O) groups is 2. The molecule has 2 fully saturated rings. The van der Waals surface area contributed by atoms with Gasteiger partial charge in [0.05, 0.1) is 6.04 Å². The average molecular weight is 280 g/mol. The van der Waals surface area contributed by atoms with Gasteiger partial charge in [0.1, 0.15) is 5.60 Å². The Morgan fingerprint density at radius 2 is 2.06 bits per heavy atom. The molecule has 0 radical (unpaired) electrons. The second-order valence-electron chi connectivity index (χ2n) is 5.50. The van der Waals surface area contributed by atoms with Gasteiger partial charge >= 0.3 is 6.09 Å². The summed E-state index contributed by atoms with van der Waals surface area (Å²) in [5, 5.41) is 0. The zero-order valence-electron chi connectivity index (χ0n) is 10.00. The lowest BCUT2D eigenvalue weighted by Crippen LogP contribution is -2.64. The number of nitrogens with zero attached hydrogens (tertiary/aromatic N) is 1. The van der Waals surface area contributed by atoms with Crippen molar-refractivity contribution in [2.24, 2.45) is 5.92 Å². The van der Waals surface area contributed by atoms with Crippen molar-refractivity contribution in [2.75, 3.05) is 6.54 Å². The molecule has 0 bridgehead atoms. The molecule has 0 aromatic rings. The van der Waals surface area contributed by atoms with Gasteiger partial charge in [-0.25, -0.2) is 4.79 Å². The number of amides is 1. The summed E-state index contributed by atoms with van der Waals surface area (Å²) in [6.45, 7) is 5.84. The SMILES string of the molecule is CC(C)(C)OC(=O)N1CCC2C(=O)C(Cl)(Cl)C21. The Kier molecular flexibility index (Phi) is 2.86. The van der Waals surface area contributed by atoms with Crippen LogP contribution in [0.2, 0.25) is 0 Å². The van der Waals surface area contributed by atoms with Crippen molar-refractivity contribution in [2.45, 2.75) is 43.2 Å². The number of ether oxygens (including phenoxy) is 1. The van der Waals surface area contributed by atoms with E-state index in [1.54, 1.807) is 20.8 Å². The number of hydrogen-bond acceptors (Lipinski definition) is 3. The maximum absolute atomic E-state index is 11.9. The van der Waals surface area contributed by atoms with Crippen LogP contribution in [0.15, 0.2) is 0 Å². The molecule has 2 atom stereocenters. The van der Waals surface area contributed by atoms with E-state index in [4.69, 9.17) is 27.9 Å². The molecule has 6 heteroatoms. The number of hydrogen-bond donors (Lipinski definition) is 0. The van der Waals surface area contributed by atoms with Crippen molar-refractivity contribution in [3.8, 4) is 0 Å². The Morgan fingerprint density at radius 3 is 2.59 bits per heavy atom. The van der Waals surface area contributed by atoms with E-state index < -0.39 is 22.1 Å². The molecule has 0 aromatic carbocycles. The molecular formula is C11H15Cl2NO3. The van der Waals surface area contributed by atoms with Gasteiger partial charge in [-0.1, -0.05) is 23.2 Å². The molecule has 1 saturated heterocycles. The minimum Gasteiger partial charge on any atom is -0.444 e. The smallest absolute Gasteiger partial charge is 0.410 e. The highest BCUT2D eigenvalue weighted by molar-refractivity contribution is 6.61. The quantitative estimate of drug-likeness (QED) is 0.640. The maximum Gasteiger partial charge on any atom is 0.410 e. The Balaban J connectivity index is 2.10. The van der Waals surface area contributed by atoms with E-state index >= 15 is 0 Å². The highest BCUT2D eigenvalue weighted by Gasteiger charge is 2.66.